The lowest BCUT2D eigenvalue weighted by atomic mass is 10.1. The fourth-order valence-electron chi connectivity index (χ4n) is 3.25. The molecule has 1 amide bonds. The highest BCUT2D eigenvalue weighted by atomic mass is 35.5. The molecule has 6 nitrogen and oxygen atoms in total. The van der Waals surface area contributed by atoms with Crippen LogP contribution >= 0.6 is 12.4 Å². The molecule has 1 unspecified atom stereocenters. The van der Waals surface area contributed by atoms with E-state index < -0.39 is 40.9 Å². The summed E-state index contributed by atoms with van der Waals surface area (Å²) in [5.74, 6) is -3.33. The maximum absolute atomic E-state index is 13.1. The van der Waals surface area contributed by atoms with E-state index in [2.05, 4.69) is 10.6 Å². The van der Waals surface area contributed by atoms with Gasteiger partial charge in [-0.25, -0.2) is 17.2 Å². The summed E-state index contributed by atoms with van der Waals surface area (Å²) in [6.45, 7) is 0.749. The third kappa shape index (κ3) is 5.37. The minimum Gasteiger partial charge on any atom is -0.351 e. The van der Waals surface area contributed by atoms with Gasteiger partial charge in [0.2, 0.25) is 15.9 Å². The fourth-order valence-corrected chi connectivity index (χ4v) is 4.76. The van der Waals surface area contributed by atoms with Crippen molar-refractivity contribution in [3.63, 3.8) is 0 Å². The number of piperidine rings is 1. The molecule has 0 radical (unpaired) electrons. The SMILES string of the molecule is Cl.O=C(NCc1ccc(S(=O)(=O)N2CCCCC2)cc1)C1CC(F)(F)CN1. The number of carbonyl (C=O) groups is 1. The number of nitrogens with zero attached hydrogens (tertiary/aromatic N) is 1. The molecule has 27 heavy (non-hydrogen) atoms. The topological polar surface area (TPSA) is 78.5 Å². The number of hydrogen-bond donors (Lipinski definition) is 2. The lowest BCUT2D eigenvalue weighted by Crippen LogP contribution is -2.40. The van der Waals surface area contributed by atoms with E-state index >= 15 is 0 Å². The highest BCUT2D eigenvalue weighted by Gasteiger charge is 2.42. The molecule has 1 aromatic rings. The predicted molar refractivity (Wildman–Crippen MR) is 99.5 cm³/mol. The van der Waals surface area contributed by atoms with Crippen molar-refractivity contribution in [3.05, 3.63) is 29.8 Å². The first-order valence-electron chi connectivity index (χ1n) is 8.76. The minimum atomic E-state index is -3.48. The quantitative estimate of drug-likeness (QED) is 0.758. The Morgan fingerprint density at radius 2 is 1.81 bits per heavy atom. The van der Waals surface area contributed by atoms with Crippen LogP contribution in [0.3, 0.4) is 0 Å². The number of alkyl halides is 2. The molecule has 2 aliphatic heterocycles. The normalized spacial score (nSPS) is 22.8. The molecule has 0 aromatic heterocycles. The summed E-state index contributed by atoms with van der Waals surface area (Å²) < 4.78 is 52.9. The second-order valence-corrected chi connectivity index (χ2v) is 8.76. The molecule has 2 fully saturated rings. The maximum atomic E-state index is 13.1. The second-order valence-electron chi connectivity index (χ2n) is 6.82. The first-order valence-corrected chi connectivity index (χ1v) is 10.2. The van der Waals surface area contributed by atoms with Crippen molar-refractivity contribution >= 4 is 28.3 Å². The molecule has 2 heterocycles. The number of sulfonamides is 1. The summed E-state index contributed by atoms with van der Waals surface area (Å²) in [5, 5.41) is 5.11. The molecule has 10 heteroatoms. The van der Waals surface area contributed by atoms with Gasteiger partial charge in [0.05, 0.1) is 17.5 Å². The maximum Gasteiger partial charge on any atom is 0.262 e. The minimum absolute atomic E-state index is 0. The number of nitrogens with one attached hydrogen (secondary N) is 2. The summed E-state index contributed by atoms with van der Waals surface area (Å²) in [6.07, 6.45) is 2.29. The summed E-state index contributed by atoms with van der Waals surface area (Å²) >= 11 is 0. The third-order valence-corrected chi connectivity index (χ3v) is 6.68. The van der Waals surface area contributed by atoms with Crippen LogP contribution in [-0.2, 0) is 21.4 Å². The van der Waals surface area contributed by atoms with E-state index in [0.29, 0.717) is 18.7 Å². The number of benzene rings is 1. The van der Waals surface area contributed by atoms with Crippen LogP contribution < -0.4 is 10.6 Å². The Hall–Kier alpha value is -1.29. The first-order chi connectivity index (χ1) is 12.3. The van der Waals surface area contributed by atoms with Gasteiger partial charge in [0.25, 0.3) is 5.92 Å². The van der Waals surface area contributed by atoms with Gasteiger partial charge in [-0.3, -0.25) is 10.1 Å². The molecule has 0 bridgehead atoms. The molecule has 2 saturated heterocycles. The van der Waals surface area contributed by atoms with Gasteiger partial charge in [0, 0.05) is 26.1 Å². The lowest BCUT2D eigenvalue weighted by Gasteiger charge is -2.25. The van der Waals surface area contributed by atoms with Crippen LogP contribution in [0.4, 0.5) is 8.78 Å². The van der Waals surface area contributed by atoms with Gasteiger partial charge in [-0.2, -0.15) is 4.31 Å². The molecule has 2 N–H and O–H groups in total. The number of carbonyl (C=O) groups excluding carboxylic acids is 1. The van der Waals surface area contributed by atoms with E-state index in [1.54, 1.807) is 12.1 Å². The molecule has 0 spiro atoms. The average molecular weight is 424 g/mol. The fraction of sp³-hybridized carbons (Fsp3) is 0.588. The van der Waals surface area contributed by atoms with E-state index in [-0.39, 0.29) is 23.8 Å². The monoisotopic (exact) mass is 423 g/mol. The van der Waals surface area contributed by atoms with Crippen molar-refractivity contribution in [1.29, 1.82) is 0 Å². The van der Waals surface area contributed by atoms with Gasteiger partial charge in [-0.1, -0.05) is 18.6 Å². The Balaban J connectivity index is 0.00000261. The highest BCUT2D eigenvalue weighted by molar-refractivity contribution is 7.89. The molecule has 1 atom stereocenters. The van der Waals surface area contributed by atoms with Crippen LogP contribution in [-0.4, -0.2) is 50.2 Å². The first kappa shape index (κ1) is 22.0. The van der Waals surface area contributed by atoms with Crippen molar-refractivity contribution in [2.45, 2.75) is 49.1 Å². The summed E-state index contributed by atoms with van der Waals surface area (Å²) in [4.78, 5) is 12.2. The lowest BCUT2D eigenvalue weighted by molar-refractivity contribution is -0.123. The van der Waals surface area contributed by atoms with Crippen molar-refractivity contribution in [2.24, 2.45) is 0 Å². The van der Waals surface area contributed by atoms with E-state index in [1.165, 1.54) is 16.4 Å². The van der Waals surface area contributed by atoms with Gasteiger partial charge >= 0.3 is 0 Å². The molecular formula is C17H24ClF2N3O3S. The van der Waals surface area contributed by atoms with Gasteiger partial charge in [-0.15, -0.1) is 12.4 Å². The van der Waals surface area contributed by atoms with E-state index in [9.17, 15) is 22.0 Å². The van der Waals surface area contributed by atoms with Crippen LogP contribution in [0.5, 0.6) is 0 Å². The molecular weight excluding hydrogens is 400 g/mol. The van der Waals surface area contributed by atoms with Crippen molar-refractivity contribution < 1.29 is 22.0 Å². The smallest absolute Gasteiger partial charge is 0.262 e. The van der Waals surface area contributed by atoms with Crippen LogP contribution in [0, 0.1) is 0 Å². The van der Waals surface area contributed by atoms with Crippen LogP contribution in [0.1, 0.15) is 31.2 Å². The Morgan fingerprint density at radius 3 is 2.37 bits per heavy atom. The Kier molecular flexibility index (Phi) is 7.18. The molecule has 0 aliphatic carbocycles. The number of amides is 1. The zero-order valence-corrected chi connectivity index (χ0v) is 16.4. The van der Waals surface area contributed by atoms with E-state index in [4.69, 9.17) is 0 Å². The summed E-state index contributed by atoms with van der Waals surface area (Å²) in [7, 11) is -3.48. The molecule has 2 aliphatic rings. The Morgan fingerprint density at radius 1 is 1.19 bits per heavy atom. The Bertz CT molecular complexity index is 753. The van der Waals surface area contributed by atoms with Crippen molar-refractivity contribution in [2.75, 3.05) is 19.6 Å². The molecule has 1 aromatic carbocycles. The zero-order chi connectivity index (χ0) is 18.8. The molecule has 152 valence electrons. The number of halogens is 3. The van der Waals surface area contributed by atoms with Crippen LogP contribution in [0.15, 0.2) is 29.2 Å². The van der Waals surface area contributed by atoms with Crippen molar-refractivity contribution in [3.8, 4) is 0 Å². The van der Waals surface area contributed by atoms with Crippen LogP contribution in [0.25, 0.3) is 0 Å². The standard InChI is InChI=1S/C17H23F2N3O3S.ClH/c18-17(19)10-15(21-12-17)16(23)20-11-13-4-6-14(7-5-13)26(24,25)22-8-2-1-3-9-22;/h4-7,15,21H,1-3,8-12H2,(H,20,23);1H. The third-order valence-electron chi connectivity index (χ3n) is 4.77. The highest BCUT2D eigenvalue weighted by Crippen LogP contribution is 2.25. The second kappa shape index (κ2) is 8.81. The zero-order valence-electron chi connectivity index (χ0n) is 14.8. The summed E-state index contributed by atoms with van der Waals surface area (Å²) in [6, 6.07) is 5.41. The predicted octanol–water partition coefficient (Wildman–Crippen LogP) is 1.90. The van der Waals surface area contributed by atoms with Gasteiger partial charge in [0.15, 0.2) is 0 Å². The van der Waals surface area contributed by atoms with Gasteiger partial charge in [-0.05, 0) is 30.5 Å². The largest absolute Gasteiger partial charge is 0.351 e. The average Bonchev–Trinajstić information content (AvgIpc) is 3.01. The number of rotatable bonds is 5. The van der Waals surface area contributed by atoms with E-state index in [1.807, 2.05) is 0 Å². The van der Waals surface area contributed by atoms with Gasteiger partial charge in [0.1, 0.15) is 0 Å². The van der Waals surface area contributed by atoms with E-state index in [0.717, 1.165) is 19.3 Å². The number of hydrogen-bond acceptors (Lipinski definition) is 4. The Labute approximate surface area is 164 Å². The van der Waals surface area contributed by atoms with Crippen LogP contribution in [0.2, 0.25) is 0 Å². The summed E-state index contributed by atoms with van der Waals surface area (Å²) in [5.41, 5.74) is 0.709. The van der Waals surface area contributed by atoms with Gasteiger partial charge < -0.3 is 5.32 Å². The molecule has 3 rings (SSSR count). The molecule has 0 saturated carbocycles. The van der Waals surface area contributed by atoms with Crippen molar-refractivity contribution in [1.82, 2.24) is 14.9 Å².